The maximum absolute atomic E-state index is 12.7. The van der Waals surface area contributed by atoms with Gasteiger partial charge in [-0.25, -0.2) is 0 Å². The fraction of sp³-hybridized carbons (Fsp3) is 0.625. The second kappa shape index (κ2) is 7.80. The number of aryl methyl sites for hydroxylation is 1. The molecule has 0 amide bonds. The van der Waals surface area contributed by atoms with Crippen molar-refractivity contribution < 1.29 is 13.2 Å². The van der Waals surface area contributed by atoms with E-state index in [1.165, 1.54) is 10.5 Å². The minimum absolute atomic E-state index is 0.362. The summed E-state index contributed by atoms with van der Waals surface area (Å²) in [5.41, 5.74) is 8.24. The zero-order valence-corrected chi connectivity index (χ0v) is 13.0. The molecule has 0 saturated heterocycles. The van der Waals surface area contributed by atoms with Crippen molar-refractivity contribution >= 4 is 0 Å². The molecule has 0 saturated carbocycles. The fourth-order valence-corrected chi connectivity index (χ4v) is 2.43. The molecule has 0 aliphatic carbocycles. The smallest absolute Gasteiger partial charge is 0.323 e. The van der Waals surface area contributed by atoms with Crippen LogP contribution in [0.3, 0.4) is 0 Å². The van der Waals surface area contributed by atoms with Crippen molar-refractivity contribution in [2.45, 2.75) is 51.9 Å². The van der Waals surface area contributed by atoms with Crippen LogP contribution in [0.5, 0.6) is 0 Å². The minimum Gasteiger partial charge on any atom is -0.323 e. The van der Waals surface area contributed by atoms with Crippen molar-refractivity contribution in [1.82, 2.24) is 4.90 Å². The van der Waals surface area contributed by atoms with Gasteiger partial charge in [0.15, 0.2) is 0 Å². The number of hydrogen-bond acceptors (Lipinski definition) is 2. The molecule has 0 fully saturated rings. The van der Waals surface area contributed by atoms with Gasteiger partial charge >= 0.3 is 6.18 Å². The van der Waals surface area contributed by atoms with Crippen LogP contribution in [-0.2, 0) is 6.42 Å². The first kappa shape index (κ1) is 18.0. The molecule has 120 valence electrons. The van der Waals surface area contributed by atoms with Crippen molar-refractivity contribution in [3.8, 4) is 0 Å². The number of nitrogens with zero attached hydrogens (tertiary/aromatic N) is 1. The molecule has 21 heavy (non-hydrogen) atoms. The van der Waals surface area contributed by atoms with Gasteiger partial charge in [0.2, 0.25) is 0 Å². The molecule has 0 heterocycles. The lowest BCUT2D eigenvalue weighted by molar-refractivity contribution is -0.151. The molecule has 0 aliphatic rings. The Morgan fingerprint density at radius 1 is 1.14 bits per heavy atom. The van der Waals surface area contributed by atoms with Crippen LogP contribution in [0.4, 0.5) is 13.2 Å². The summed E-state index contributed by atoms with van der Waals surface area (Å²) in [7, 11) is 0. The summed E-state index contributed by atoms with van der Waals surface area (Å²) in [5, 5.41) is 0. The zero-order chi connectivity index (χ0) is 16.0. The molecule has 2 nitrogen and oxygen atoms in total. The first-order valence-electron chi connectivity index (χ1n) is 7.43. The normalized spacial score (nSPS) is 15.2. The van der Waals surface area contributed by atoms with E-state index in [1.54, 1.807) is 6.92 Å². The molecule has 0 aliphatic heterocycles. The Kier molecular flexibility index (Phi) is 6.68. The van der Waals surface area contributed by atoms with Crippen molar-refractivity contribution in [2.75, 3.05) is 13.1 Å². The lowest BCUT2D eigenvalue weighted by Gasteiger charge is -2.33. The Hall–Kier alpha value is -1.07. The number of benzene rings is 1. The van der Waals surface area contributed by atoms with Crippen molar-refractivity contribution in [2.24, 2.45) is 5.73 Å². The van der Waals surface area contributed by atoms with Crippen molar-refractivity contribution in [3.63, 3.8) is 0 Å². The number of alkyl halides is 3. The third-order valence-corrected chi connectivity index (χ3v) is 3.76. The summed E-state index contributed by atoms with van der Waals surface area (Å²) in [6, 6.07) is 7.00. The molecule has 1 aromatic carbocycles. The Labute approximate surface area is 125 Å². The molecule has 0 radical (unpaired) electrons. The molecule has 0 bridgehead atoms. The highest BCUT2D eigenvalue weighted by Crippen LogP contribution is 2.24. The summed E-state index contributed by atoms with van der Waals surface area (Å²) in [5.74, 6) is 0. The Bertz CT molecular complexity index is 415. The third-order valence-electron chi connectivity index (χ3n) is 3.76. The van der Waals surface area contributed by atoms with Crippen molar-refractivity contribution in [1.29, 1.82) is 0 Å². The number of hydrogen-bond donors (Lipinski definition) is 1. The second-order valence-electron chi connectivity index (χ2n) is 5.45. The summed E-state index contributed by atoms with van der Waals surface area (Å²) in [6.45, 7) is 5.17. The maximum Gasteiger partial charge on any atom is 0.401 e. The molecule has 5 heteroatoms. The standard InChI is InChI=1S/C16H25F3N2/c1-4-10-21(11-16(17,18)19)12(3)15(20)14-8-6-13(5-2)7-9-14/h6-9,12,15H,4-5,10-11,20H2,1-3H3. The average molecular weight is 302 g/mol. The van der Waals surface area contributed by atoms with Crippen LogP contribution in [-0.4, -0.2) is 30.2 Å². The van der Waals surface area contributed by atoms with Gasteiger partial charge in [-0.15, -0.1) is 0 Å². The van der Waals surface area contributed by atoms with Crippen LogP contribution >= 0.6 is 0 Å². The van der Waals surface area contributed by atoms with E-state index in [0.29, 0.717) is 13.0 Å². The molecule has 2 atom stereocenters. The SMILES string of the molecule is CCCN(CC(F)(F)F)C(C)C(N)c1ccc(CC)cc1. The molecular formula is C16H25F3N2. The van der Waals surface area contributed by atoms with E-state index in [4.69, 9.17) is 5.73 Å². The van der Waals surface area contributed by atoms with E-state index in [-0.39, 0.29) is 6.04 Å². The lowest BCUT2D eigenvalue weighted by Crippen LogP contribution is -2.45. The minimum atomic E-state index is -4.20. The van der Waals surface area contributed by atoms with Crippen LogP contribution in [0.1, 0.15) is 44.4 Å². The van der Waals surface area contributed by atoms with E-state index >= 15 is 0 Å². The van der Waals surface area contributed by atoms with Gasteiger partial charge < -0.3 is 5.73 Å². The fourth-order valence-electron chi connectivity index (χ4n) is 2.43. The largest absolute Gasteiger partial charge is 0.401 e. The molecule has 2 N–H and O–H groups in total. The maximum atomic E-state index is 12.7. The van der Waals surface area contributed by atoms with Gasteiger partial charge in [-0.2, -0.15) is 13.2 Å². The topological polar surface area (TPSA) is 29.3 Å². The summed E-state index contributed by atoms with van der Waals surface area (Å²) in [4.78, 5) is 1.42. The van der Waals surface area contributed by atoms with Crippen LogP contribution in [0.15, 0.2) is 24.3 Å². The van der Waals surface area contributed by atoms with E-state index in [0.717, 1.165) is 12.0 Å². The van der Waals surface area contributed by atoms with Gasteiger partial charge in [0, 0.05) is 12.1 Å². The van der Waals surface area contributed by atoms with E-state index in [2.05, 4.69) is 6.92 Å². The van der Waals surface area contributed by atoms with E-state index in [1.807, 2.05) is 31.2 Å². The number of rotatable bonds is 7. The molecule has 0 spiro atoms. The summed E-state index contributed by atoms with van der Waals surface area (Å²) < 4.78 is 38.0. The lowest BCUT2D eigenvalue weighted by atomic mass is 9.98. The highest BCUT2D eigenvalue weighted by Gasteiger charge is 2.34. The average Bonchev–Trinajstić information content (AvgIpc) is 2.44. The molecular weight excluding hydrogens is 277 g/mol. The predicted molar refractivity (Wildman–Crippen MR) is 80.1 cm³/mol. The van der Waals surface area contributed by atoms with Gasteiger partial charge in [-0.1, -0.05) is 38.1 Å². The van der Waals surface area contributed by atoms with Gasteiger partial charge in [-0.05, 0) is 37.4 Å². The van der Waals surface area contributed by atoms with E-state index in [9.17, 15) is 13.2 Å². The Morgan fingerprint density at radius 3 is 2.14 bits per heavy atom. The van der Waals surface area contributed by atoms with Crippen molar-refractivity contribution in [3.05, 3.63) is 35.4 Å². The molecule has 1 aromatic rings. The summed E-state index contributed by atoms with van der Waals surface area (Å²) in [6.07, 6.45) is -2.60. The second-order valence-corrected chi connectivity index (χ2v) is 5.45. The number of halogens is 3. The van der Waals surface area contributed by atoms with Crippen LogP contribution in [0.2, 0.25) is 0 Å². The van der Waals surface area contributed by atoms with Gasteiger partial charge in [0.25, 0.3) is 0 Å². The monoisotopic (exact) mass is 302 g/mol. The van der Waals surface area contributed by atoms with Crippen LogP contribution in [0.25, 0.3) is 0 Å². The zero-order valence-electron chi connectivity index (χ0n) is 13.0. The van der Waals surface area contributed by atoms with Gasteiger partial charge in [0.1, 0.15) is 0 Å². The van der Waals surface area contributed by atoms with Crippen LogP contribution in [0, 0.1) is 0 Å². The summed E-state index contributed by atoms with van der Waals surface area (Å²) >= 11 is 0. The Morgan fingerprint density at radius 2 is 1.71 bits per heavy atom. The quantitative estimate of drug-likeness (QED) is 0.827. The molecule has 0 aromatic heterocycles. The molecule has 1 rings (SSSR count). The first-order chi connectivity index (χ1) is 9.78. The molecule has 2 unspecified atom stereocenters. The predicted octanol–water partition coefficient (Wildman–Crippen LogP) is 3.91. The third kappa shape index (κ3) is 5.67. The highest BCUT2D eigenvalue weighted by atomic mass is 19.4. The first-order valence-corrected chi connectivity index (χ1v) is 7.43. The highest BCUT2D eigenvalue weighted by molar-refractivity contribution is 5.25. The van der Waals surface area contributed by atoms with Crippen LogP contribution < -0.4 is 5.73 Å². The Balaban J connectivity index is 2.82. The van der Waals surface area contributed by atoms with E-state index < -0.39 is 18.8 Å². The number of nitrogens with two attached hydrogens (primary N) is 1. The van der Waals surface area contributed by atoms with Gasteiger partial charge in [0.05, 0.1) is 6.54 Å². The van der Waals surface area contributed by atoms with Gasteiger partial charge in [-0.3, -0.25) is 4.90 Å².